The minimum atomic E-state index is -1.37. The quantitative estimate of drug-likeness (QED) is 0.571. The number of aliphatic hydroxyl groups is 1. The van der Waals surface area contributed by atoms with Crippen molar-refractivity contribution in [3.05, 3.63) is 12.7 Å². The highest BCUT2D eigenvalue weighted by Gasteiger charge is 2.30. The highest BCUT2D eigenvalue weighted by Crippen LogP contribution is 2.21. The normalized spacial score (nSPS) is 14.3. The Morgan fingerprint density at radius 2 is 2.10 bits per heavy atom. The van der Waals surface area contributed by atoms with Gasteiger partial charge in [0.15, 0.2) is 6.10 Å². The Labute approximate surface area is 60.0 Å². The monoisotopic (exact) mass is 144 g/mol. The molecule has 0 amide bonds. The van der Waals surface area contributed by atoms with E-state index >= 15 is 0 Å². The van der Waals surface area contributed by atoms with Gasteiger partial charge in [0.25, 0.3) is 0 Å². The van der Waals surface area contributed by atoms with Crippen LogP contribution in [0.25, 0.3) is 0 Å². The van der Waals surface area contributed by atoms with Crippen LogP contribution in [0.15, 0.2) is 12.7 Å². The molecule has 3 heteroatoms. The summed E-state index contributed by atoms with van der Waals surface area (Å²) in [5.41, 5.74) is -0.758. The summed E-state index contributed by atoms with van der Waals surface area (Å²) >= 11 is 0. The summed E-state index contributed by atoms with van der Waals surface area (Å²) in [6, 6.07) is 0. The molecular formula is C7H12O3. The zero-order valence-electron chi connectivity index (χ0n) is 6.16. The number of aliphatic carboxylic acids is 1. The van der Waals surface area contributed by atoms with Gasteiger partial charge >= 0.3 is 5.97 Å². The van der Waals surface area contributed by atoms with Gasteiger partial charge in [0.2, 0.25) is 0 Å². The van der Waals surface area contributed by atoms with Crippen LogP contribution in [0.4, 0.5) is 0 Å². The highest BCUT2D eigenvalue weighted by atomic mass is 16.4. The van der Waals surface area contributed by atoms with Crippen molar-refractivity contribution in [2.75, 3.05) is 0 Å². The maximum atomic E-state index is 10.2. The molecule has 10 heavy (non-hydrogen) atoms. The fourth-order valence-electron chi connectivity index (χ4n) is 0.430. The van der Waals surface area contributed by atoms with Crippen molar-refractivity contribution in [2.45, 2.75) is 20.0 Å². The zero-order chi connectivity index (χ0) is 8.36. The Bertz CT molecular complexity index is 149. The predicted molar refractivity (Wildman–Crippen MR) is 37.6 cm³/mol. The molecule has 0 saturated heterocycles. The largest absolute Gasteiger partial charge is 0.479 e. The first-order valence-corrected chi connectivity index (χ1v) is 2.96. The van der Waals surface area contributed by atoms with Gasteiger partial charge in [0, 0.05) is 5.41 Å². The minimum absolute atomic E-state index is 0.758. The van der Waals surface area contributed by atoms with Gasteiger partial charge in [-0.1, -0.05) is 19.9 Å². The van der Waals surface area contributed by atoms with E-state index < -0.39 is 17.5 Å². The Morgan fingerprint density at radius 1 is 1.70 bits per heavy atom. The first kappa shape index (κ1) is 9.17. The van der Waals surface area contributed by atoms with Crippen LogP contribution < -0.4 is 0 Å². The van der Waals surface area contributed by atoms with Gasteiger partial charge in [-0.15, -0.1) is 6.58 Å². The lowest BCUT2D eigenvalue weighted by atomic mass is 9.87. The van der Waals surface area contributed by atoms with Gasteiger partial charge in [0.1, 0.15) is 0 Å². The molecule has 0 aliphatic carbocycles. The minimum Gasteiger partial charge on any atom is -0.479 e. The lowest BCUT2D eigenvalue weighted by Crippen LogP contribution is -2.34. The topological polar surface area (TPSA) is 57.5 Å². The van der Waals surface area contributed by atoms with Gasteiger partial charge in [-0.3, -0.25) is 0 Å². The summed E-state index contributed by atoms with van der Waals surface area (Å²) < 4.78 is 0. The first-order valence-electron chi connectivity index (χ1n) is 2.96. The second-order valence-electron chi connectivity index (χ2n) is 2.77. The van der Waals surface area contributed by atoms with Crippen LogP contribution in [-0.2, 0) is 4.79 Å². The standard InChI is InChI=1S/C7H12O3/c1-4-7(2,3)5(8)6(9)10/h4-5,8H,1H2,2-3H3,(H,9,10). The third-order valence-electron chi connectivity index (χ3n) is 1.46. The summed E-state index contributed by atoms with van der Waals surface area (Å²) in [5.74, 6) is -1.22. The molecule has 58 valence electrons. The molecule has 0 aromatic carbocycles. The van der Waals surface area contributed by atoms with E-state index in [1.54, 1.807) is 13.8 Å². The molecule has 2 N–H and O–H groups in total. The summed E-state index contributed by atoms with van der Waals surface area (Å²) in [5, 5.41) is 17.3. The van der Waals surface area contributed by atoms with Crippen LogP contribution in [0.3, 0.4) is 0 Å². The molecule has 0 aromatic rings. The molecule has 0 fully saturated rings. The maximum Gasteiger partial charge on any atom is 0.333 e. The molecule has 0 aliphatic rings. The number of rotatable bonds is 3. The number of hydrogen-bond acceptors (Lipinski definition) is 2. The number of aliphatic hydroxyl groups excluding tert-OH is 1. The van der Waals surface area contributed by atoms with E-state index in [0.717, 1.165) is 0 Å². The summed E-state index contributed by atoms with van der Waals surface area (Å²) in [4.78, 5) is 10.2. The summed E-state index contributed by atoms with van der Waals surface area (Å²) in [7, 11) is 0. The van der Waals surface area contributed by atoms with Crippen molar-refractivity contribution in [1.29, 1.82) is 0 Å². The van der Waals surface area contributed by atoms with Gasteiger partial charge in [0.05, 0.1) is 0 Å². The number of carbonyl (C=O) groups is 1. The maximum absolute atomic E-state index is 10.2. The molecule has 1 atom stereocenters. The van der Waals surface area contributed by atoms with E-state index in [4.69, 9.17) is 10.2 Å². The third kappa shape index (κ3) is 1.84. The van der Waals surface area contributed by atoms with Crippen LogP contribution in [0.2, 0.25) is 0 Å². The zero-order valence-corrected chi connectivity index (χ0v) is 6.16. The van der Waals surface area contributed by atoms with Crippen molar-refractivity contribution in [3.63, 3.8) is 0 Å². The molecule has 0 bridgehead atoms. The molecule has 0 aliphatic heterocycles. The molecule has 3 nitrogen and oxygen atoms in total. The van der Waals surface area contributed by atoms with Crippen molar-refractivity contribution in [3.8, 4) is 0 Å². The van der Waals surface area contributed by atoms with Gasteiger partial charge < -0.3 is 10.2 Å². The SMILES string of the molecule is C=CC(C)(C)C(O)C(=O)O. The second kappa shape index (κ2) is 2.84. The van der Waals surface area contributed by atoms with E-state index in [2.05, 4.69) is 6.58 Å². The van der Waals surface area contributed by atoms with Crippen LogP contribution in [0.1, 0.15) is 13.8 Å². The van der Waals surface area contributed by atoms with Gasteiger partial charge in [-0.05, 0) is 0 Å². The summed E-state index contributed by atoms with van der Waals surface area (Å²) in [6.45, 7) is 6.63. The van der Waals surface area contributed by atoms with E-state index in [9.17, 15) is 4.79 Å². The van der Waals surface area contributed by atoms with Crippen molar-refractivity contribution in [1.82, 2.24) is 0 Å². The van der Waals surface area contributed by atoms with Crippen molar-refractivity contribution >= 4 is 5.97 Å². The van der Waals surface area contributed by atoms with Crippen LogP contribution in [-0.4, -0.2) is 22.3 Å². The number of carboxylic acid groups (broad SMARTS) is 1. The van der Waals surface area contributed by atoms with Crippen molar-refractivity contribution < 1.29 is 15.0 Å². The molecule has 1 unspecified atom stereocenters. The third-order valence-corrected chi connectivity index (χ3v) is 1.46. The molecule has 0 rings (SSSR count). The van der Waals surface area contributed by atoms with Crippen LogP contribution in [0.5, 0.6) is 0 Å². The van der Waals surface area contributed by atoms with Crippen LogP contribution >= 0.6 is 0 Å². The fourth-order valence-corrected chi connectivity index (χ4v) is 0.430. The molecule has 0 heterocycles. The Kier molecular flexibility index (Phi) is 2.60. The smallest absolute Gasteiger partial charge is 0.333 e. The van der Waals surface area contributed by atoms with E-state index in [-0.39, 0.29) is 0 Å². The average Bonchev–Trinajstić information content (AvgIpc) is 1.86. The summed E-state index contributed by atoms with van der Waals surface area (Å²) in [6.07, 6.45) is 0.0520. The van der Waals surface area contributed by atoms with E-state index in [1.165, 1.54) is 6.08 Å². The Balaban J connectivity index is 4.31. The Morgan fingerprint density at radius 3 is 2.20 bits per heavy atom. The lowest BCUT2D eigenvalue weighted by Gasteiger charge is -2.22. The molecule has 0 radical (unpaired) electrons. The lowest BCUT2D eigenvalue weighted by molar-refractivity contribution is -0.151. The van der Waals surface area contributed by atoms with Crippen molar-refractivity contribution in [2.24, 2.45) is 5.41 Å². The Hall–Kier alpha value is -0.830. The average molecular weight is 144 g/mol. The van der Waals surface area contributed by atoms with Crippen LogP contribution in [0, 0.1) is 5.41 Å². The van der Waals surface area contributed by atoms with E-state index in [0.29, 0.717) is 0 Å². The molecule has 0 saturated carbocycles. The van der Waals surface area contributed by atoms with Gasteiger partial charge in [-0.2, -0.15) is 0 Å². The second-order valence-corrected chi connectivity index (χ2v) is 2.77. The molecular weight excluding hydrogens is 132 g/mol. The van der Waals surface area contributed by atoms with E-state index in [1.807, 2.05) is 0 Å². The number of hydrogen-bond donors (Lipinski definition) is 2. The highest BCUT2D eigenvalue weighted by molar-refractivity contribution is 5.73. The first-order chi connectivity index (χ1) is 4.41. The number of carboxylic acids is 1. The molecule has 0 spiro atoms. The fraction of sp³-hybridized carbons (Fsp3) is 0.571. The predicted octanol–water partition coefficient (Wildman–Crippen LogP) is 0.644. The van der Waals surface area contributed by atoms with Gasteiger partial charge in [-0.25, -0.2) is 4.79 Å². The molecule has 0 aromatic heterocycles.